The Morgan fingerprint density at radius 2 is 1.85 bits per heavy atom. The Morgan fingerprint density at radius 1 is 1.07 bits per heavy atom. The van der Waals surface area contributed by atoms with Crippen molar-refractivity contribution >= 4 is 17.2 Å². The van der Waals surface area contributed by atoms with Gasteiger partial charge in [-0.1, -0.05) is 0 Å². The van der Waals surface area contributed by atoms with E-state index < -0.39 is 0 Å². The van der Waals surface area contributed by atoms with E-state index in [9.17, 15) is 0 Å². The van der Waals surface area contributed by atoms with Crippen LogP contribution in [0.1, 0.15) is 59.8 Å². The summed E-state index contributed by atoms with van der Waals surface area (Å²) in [6, 6.07) is 3.47. The minimum Gasteiger partial charge on any atom is -0.350 e. The van der Waals surface area contributed by atoms with Crippen LogP contribution < -0.4 is 4.90 Å². The maximum absolute atomic E-state index is 4.94. The molecule has 3 aliphatic rings. The molecule has 2 aromatic rings. The van der Waals surface area contributed by atoms with E-state index in [1.807, 2.05) is 11.3 Å². The first kappa shape index (κ1) is 17.6. The van der Waals surface area contributed by atoms with Gasteiger partial charge in [-0.05, 0) is 58.3 Å². The SMILES string of the molecule is Cc1cc(N(C2CC2)C2CCN(Cc3nc4c(s3)CCCC4)CC2)ncn1. The summed E-state index contributed by atoms with van der Waals surface area (Å²) in [5.74, 6) is 1.14. The standard InChI is InChI=1S/C21H29N5S/c1-15-12-20(23-14-22-15)26(16-6-7-16)17-8-10-25(11-9-17)13-21-24-18-4-2-3-5-19(18)27-21/h12,14,16-17H,2-11,13H2,1H3. The first-order valence-corrected chi connectivity index (χ1v) is 11.3. The Morgan fingerprint density at radius 3 is 2.59 bits per heavy atom. The number of aryl methyl sites for hydroxylation is 3. The summed E-state index contributed by atoms with van der Waals surface area (Å²) < 4.78 is 0. The molecular formula is C21H29N5S. The Balaban J connectivity index is 1.22. The van der Waals surface area contributed by atoms with Gasteiger partial charge in [0.05, 0.1) is 12.2 Å². The zero-order valence-electron chi connectivity index (χ0n) is 16.2. The second-order valence-electron chi connectivity index (χ2n) is 8.35. The fourth-order valence-corrected chi connectivity index (χ4v) is 5.83. The molecule has 6 heteroatoms. The molecule has 1 saturated carbocycles. The highest BCUT2D eigenvalue weighted by molar-refractivity contribution is 7.11. The Bertz CT molecular complexity index is 768. The lowest BCUT2D eigenvalue weighted by molar-refractivity contribution is 0.200. The van der Waals surface area contributed by atoms with Crippen LogP contribution in [0.25, 0.3) is 0 Å². The van der Waals surface area contributed by atoms with Crippen LogP contribution in [0, 0.1) is 6.92 Å². The average molecular weight is 384 g/mol. The normalized spacial score (nSPS) is 21.2. The summed E-state index contributed by atoms with van der Waals surface area (Å²) >= 11 is 1.97. The number of fused-ring (bicyclic) bond motifs is 1. The predicted octanol–water partition coefficient (Wildman–Crippen LogP) is 3.75. The van der Waals surface area contributed by atoms with E-state index in [-0.39, 0.29) is 0 Å². The molecule has 27 heavy (non-hydrogen) atoms. The lowest BCUT2D eigenvalue weighted by Gasteiger charge is -2.39. The van der Waals surface area contributed by atoms with Crippen molar-refractivity contribution in [1.29, 1.82) is 0 Å². The van der Waals surface area contributed by atoms with Crippen LogP contribution in [-0.2, 0) is 19.4 Å². The predicted molar refractivity (Wildman–Crippen MR) is 109 cm³/mol. The third kappa shape index (κ3) is 3.87. The van der Waals surface area contributed by atoms with Crippen molar-refractivity contribution in [3.8, 4) is 0 Å². The molecule has 3 heterocycles. The zero-order valence-corrected chi connectivity index (χ0v) is 17.0. The first-order valence-electron chi connectivity index (χ1n) is 10.5. The van der Waals surface area contributed by atoms with E-state index in [4.69, 9.17) is 4.98 Å². The van der Waals surface area contributed by atoms with Crippen molar-refractivity contribution in [1.82, 2.24) is 19.9 Å². The van der Waals surface area contributed by atoms with E-state index >= 15 is 0 Å². The molecule has 0 unspecified atom stereocenters. The van der Waals surface area contributed by atoms with Gasteiger partial charge in [0.25, 0.3) is 0 Å². The summed E-state index contributed by atoms with van der Waals surface area (Å²) in [5.41, 5.74) is 2.46. The summed E-state index contributed by atoms with van der Waals surface area (Å²) in [6.45, 7) is 5.44. The molecule has 2 aliphatic carbocycles. The monoisotopic (exact) mass is 383 g/mol. The molecule has 0 N–H and O–H groups in total. The molecule has 0 amide bonds. The highest BCUT2D eigenvalue weighted by atomic mass is 32.1. The number of likely N-dealkylation sites (tertiary alicyclic amines) is 1. The van der Waals surface area contributed by atoms with Gasteiger partial charge >= 0.3 is 0 Å². The van der Waals surface area contributed by atoms with Crippen LogP contribution >= 0.6 is 11.3 Å². The largest absolute Gasteiger partial charge is 0.350 e. The molecule has 2 fully saturated rings. The second kappa shape index (κ2) is 7.47. The maximum atomic E-state index is 4.94. The van der Waals surface area contributed by atoms with E-state index in [2.05, 4.69) is 32.8 Å². The number of nitrogens with zero attached hydrogens (tertiary/aromatic N) is 5. The highest BCUT2D eigenvalue weighted by Crippen LogP contribution is 2.35. The zero-order chi connectivity index (χ0) is 18.2. The van der Waals surface area contributed by atoms with Gasteiger partial charge in [0.15, 0.2) is 0 Å². The van der Waals surface area contributed by atoms with Crippen molar-refractivity contribution in [2.75, 3.05) is 18.0 Å². The minimum atomic E-state index is 0.618. The van der Waals surface area contributed by atoms with Gasteiger partial charge in [-0.2, -0.15) is 0 Å². The van der Waals surface area contributed by atoms with Crippen molar-refractivity contribution in [2.45, 2.75) is 76.9 Å². The van der Waals surface area contributed by atoms with Gasteiger partial charge in [0.2, 0.25) is 0 Å². The van der Waals surface area contributed by atoms with Gasteiger partial charge in [0.1, 0.15) is 17.2 Å². The Labute approximate surface area is 165 Å². The van der Waals surface area contributed by atoms with Gasteiger partial charge in [-0.3, -0.25) is 4.90 Å². The molecule has 1 aliphatic heterocycles. The average Bonchev–Trinajstić information content (AvgIpc) is 3.42. The fraction of sp³-hybridized carbons (Fsp3) is 0.667. The van der Waals surface area contributed by atoms with Crippen LogP contribution in [0.4, 0.5) is 5.82 Å². The van der Waals surface area contributed by atoms with Crippen molar-refractivity contribution in [3.63, 3.8) is 0 Å². The number of thiazole rings is 1. The van der Waals surface area contributed by atoms with Gasteiger partial charge < -0.3 is 4.90 Å². The third-order valence-electron chi connectivity index (χ3n) is 6.19. The molecule has 5 nitrogen and oxygen atoms in total. The van der Waals surface area contributed by atoms with Crippen molar-refractivity contribution in [3.05, 3.63) is 33.7 Å². The molecule has 0 atom stereocenters. The Hall–Kier alpha value is -1.53. The minimum absolute atomic E-state index is 0.618. The van der Waals surface area contributed by atoms with Crippen LogP contribution in [0.3, 0.4) is 0 Å². The van der Waals surface area contributed by atoms with Crippen molar-refractivity contribution < 1.29 is 0 Å². The number of aromatic nitrogens is 3. The molecule has 0 aromatic carbocycles. The summed E-state index contributed by atoms with van der Waals surface area (Å²) in [7, 11) is 0. The molecule has 144 valence electrons. The van der Waals surface area contributed by atoms with Gasteiger partial charge in [-0.15, -0.1) is 11.3 Å². The van der Waals surface area contributed by atoms with E-state index in [0.29, 0.717) is 12.1 Å². The summed E-state index contributed by atoms with van der Waals surface area (Å²) in [5, 5.41) is 1.34. The van der Waals surface area contributed by atoms with E-state index in [0.717, 1.165) is 18.1 Å². The number of hydrogen-bond acceptors (Lipinski definition) is 6. The second-order valence-corrected chi connectivity index (χ2v) is 9.52. The molecule has 5 rings (SSSR count). The van der Waals surface area contributed by atoms with E-state index in [1.165, 1.54) is 75.2 Å². The lowest BCUT2D eigenvalue weighted by atomic mass is 10.0. The highest BCUT2D eigenvalue weighted by Gasteiger charge is 2.36. The number of rotatable bonds is 5. The van der Waals surface area contributed by atoms with Gasteiger partial charge in [0, 0.05) is 41.8 Å². The smallest absolute Gasteiger partial charge is 0.132 e. The van der Waals surface area contributed by atoms with Crippen LogP contribution in [0.2, 0.25) is 0 Å². The molecule has 1 saturated heterocycles. The molecule has 0 bridgehead atoms. The molecular weight excluding hydrogens is 354 g/mol. The number of piperidine rings is 1. The fourth-order valence-electron chi connectivity index (χ4n) is 4.63. The van der Waals surface area contributed by atoms with Crippen LogP contribution in [0.15, 0.2) is 12.4 Å². The summed E-state index contributed by atoms with van der Waals surface area (Å²) in [6.07, 6.45) is 11.9. The van der Waals surface area contributed by atoms with Gasteiger partial charge in [-0.25, -0.2) is 15.0 Å². The molecule has 2 aromatic heterocycles. The lowest BCUT2D eigenvalue weighted by Crippen LogP contribution is -2.46. The number of anilines is 1. The quantitative estimate of drug-likeness (QED) is 0.787. The maximum Gasteiger partial charge on any atom is 0.132 e. The Kier molecular flexibility index (Phi) is 4.86. The topological polar surface area (TPSA) is 45.2 Å². The molecule has 0 radical (unpaired) electrons. The van der Waals surface area contributed by atoms with Crippen LogP contribution in [0.5, 0.6) is 0 Å². The summed E-state index contributed by atoms with van der Waals surface area (Å²) in [4.78, 5) is 20.6. The first-order chi connectivity index (χ1) is 13.3. The molecule has 0 spiro atoms. The third-order valence-corrected chi connectivity index (χ3v) is 7.34. The van der Waals surface area contributed by atoms with Crippen molar-refractivity contribution in [2.24, 2.45) is 0 Å². The van der Waals surface area contributed by atoms with Crippen LogP contribution in [-0.4, -0.2) is 45.0 Å². The number of hydrogen-bond donors (Lipinski definition) is 0. The van der Waals surface area contributed by atoms with E-state index in [1.54, 1.807) is 11.2 Å².